The fourth-order valence-electron chi connectivity index (χ4n) is 2.67. The summed E-state index contributed by atoms with van der Waals surface area (Å²) in [4.78, 5) is 31.5. The van der Waals surface area contributed by atoms with Gasteiger partial charge >= 0.3 is 0 Å². The number of hydrogen-bond acceptors (Lipinski definition) is 4. The average molecular weight is 481 g/mol. The lowest BCUT2D eigenvalue weighted by atomic mass is 10.2. The van der Waals surface area contributed by atoms with Crippen LogP contribution in [0.3, 0.4) is 0 Å². The number of thioether (sulfide) groups is 1. The maximum Gasteiger partial charge on any atom is 0.238 e. The van der Waals surface area contributed by atoms with E-state index in [4.69, 9.17) is 11.6 Å². The Hall–Kier alpha value is -1.83. The van der Waals surface area contributed by atoms with Crippen LogP contribution in [0, 0.1) is 6.92 Å². The highest BCUT2D eigenvalue weighted by Gasteiger charge is 2.35. The number of amidine groups is 1. The van der Waals surface area contributed by atoms with Gasteiger partial charge in [-0.3, -0.25) is 14.5 Å². The highest BCUT2D eigenvalue weighted by Crippen LogP contribution is 2.30. The summed E-state index contributed by atoms with van der Waals surface area (Å²) in [5, 5.41) is 3.41. The van der Waals surface area contributed by atoms with E-state index in [9.17, 15) is 9.59 Å². The molecule has 1 heterocycles. The van der Waals surface area contributed by atoms with Gasteiger partial charge in [0.2, 0.25) is 11.8 Å². The summed E-state index contributed by atoms with van der Waals surface area (Å²) in [6.45, 7) is 4.29. The van der Waals surface area contributed by atoms with Crippen LogP contribution >= 0.6 is 39.3 Å². The lowest BCUT2D eigenvalue weighted by Gasteiger charge is -2.30. The lowest BCUT2D eigenvalue weighted by molar-refractivity contribution is -0.129. The molecule has 1 saturated heterocycles. The van der Waals surface area contributed by atoms with Crippen LogP contribution in [0.15, 0.2) is 51.9 Å². The van der Waals surface area contributed by atoms with Gasteiger partial charge in [0, 0.05) is 28.1 Å². The number of nitrogens with zero attached hydrogens (tertiary/aromatic N) is 2. The fraction of sp³-hybridized carbons (Fsp3) is 0.250. The molecule has 146 valence electrons. The first-order valence-electron chi connectivity index (χ1n) is 8.75. The molecule has 8 heteroatoms. The second-order valence-corrected chi connectivity index (χ2v) is 8.77. The van der Waals surface area contributed by atoms with Crippen molar-refractivity contribution >= 4 is 67.6 Å². The zero-order valence-corrected chi connectivity index (χ0v) is 18.6. The van der Waals surface area contributed by atoms with Gasteiger partial charge in [0.25, 0.3) is 0 Å². The normalized spacial score (nSPS) is 18.4. The molecule has 0 spiro atoms. The summed E-state index contributed by atoms with van der Waals surface area (Å²) < 4.78 is 0.949. The second-order valence-electron chi connectivity index (χ2n) is 6.27. The zero-order valence-electron chi connectivity index (χ0n) is 15.4. The summed E-state index contributed by atoms with van der Waals surface area (Å²) in [5.41, 5.74) is 2.27. The van der Waals surface area contributed by atoms with E-state index in [-0.39, 0.29) is 18.2 Å². The number of nitrogens with one attached hydrogen (secondary N) is 1. The molecule has 2 aromatic rings. The SMILES string of the molecule is CCN1C(=O)CC(C(=O)Nc2ccc(C)c(Cl)c2)SC1=Nc1ccc(Br)cc1. The zero-order chi connectivity index (χ0) is 20.3. The maximum atomic E-state index is 12.7. The van der Waals surface area contributed by atoms with Crippen molar-refractivity contribution in [2.75, 3.05) is 11.9 Å². The molecule has 1 N–H and O–H groups in total. The van der Waals surface area contributed by atoms with Crippen LogP contribution in [0.25, 0.3) is 0 Å². The standard InChI is InChI=1S/C20H19BrClN3O2S/c1-3-25-18(26)11-17(19(27)23-15-7-4-12(2)16(22)10-15)28-20(25)24-14-8-5-13(21)6-9-14/h4-10,17H,3,11H2,1-2H3,(H,23,27). The first kappa shape index (κ1) is 20.9. The van der Waals surface area contributed by atoms with Gasteiger partial charge in [-0.15, -0.1) is 0 Å². The lowest BCUT2D eigenvalue weighted by Crippen LogP contribution is -2.45. The predicted molar refractivity (Wildman–Crippen MR) is 119 cm³/mol. The monoisotopic (exact) mass is 479 g/mol. The number of carbonyl (C=O) groups excluding carboxylic acids is 2. The number of hydrogen-bond donors (Lipinski definition) is 1. The van der Waals surface area contributed by atoms with Crippen LogP contribution in [0.5, 0.6) is 0 Å². The summed E-state index contributed by atoms with van der Waals surface area (Å²) in [5.74, 6) is -0.350. The van der Waals surface area contributed by atoms with E-state index in [0.717, 1.165) is 15.7 Å². The minimum Gasteiger partial charge on any atom is -0.325 e. The smallest absolute Gasteiger partial charge is 0.238 e. The third kappa shape index (κ3) is 4.96. The quantitative estimate of drug-likeness (QED) is 0.638. The molecule has 1 atom stereocenters. The van der Waals surface area contributed by atoms with Crippen molar-refractivity contribution < 1.29 is 9.59 Å². The Kier molecular flexibility index (Phi) is 6.80. The molecule has 0 aromatic heterocycles. The summed E-state index contributed by atoms with van der Waals surface area (Å²) in [6.07, 6.45) is 0.128. The number of rotatable bonds is 4. The predicted octanol–water partition coefficient (Wildman–Crippen LogP) is 5.39. The number of amides is 2. The van der Waals surface area contributed by atoms with Gasteiger partial charge in [0.05, 0.1) is 5.69 Å². The highest BCUT2D eigenvalue weighted by molar-refractivity contribution is 9.10. The molecule has 0 radical (unpaired) electrons. The summed E-state index contributed by atoms with van der Waals surface area (Å²) in [6, 6.07) is 12.8. The molecule has 2 amide bonds. The van der Waals surface area contributed by atoms with Crippen LogP contribution in [0.1, 0.15) is 18.9 Å². The molecule has 28 heavy (non-hydrogen) atoms. The van der Waals surface area contributed by atoms with Gasteiger partial charge in [-0.05, 0) is 55.8 Å². The van der Waals surface area contributed by atoms with Crippen LogP contribution < -0.4 is 5.32 Å². The molecule has 1 aliphatic heterocycles. The van der Waals surface area contributed by atoms with Crippen molar-refractivity contribution in [2.24, 2.45) is 4.99 Å². The number of benzene rings is 2. The minimum atomic E-state index is -0.551. The van der Waals surface area contributed by atoms with Gasteiger partial charge in [-0.2, -0.15) is 0 Å². The molecule has 1 fully saturated rings. The van der Waals surface area contributed by atoms with Crippen molar-refractivity contribution in [3.63, 3.8) is 0 Å². The Morgan fingerprint density at radius 1 is 1.32 bits per heavy atom. The Morgan fingerprint density at radius 2 is 2.04 bits per heavy atom. The van der Waals surface area contributed by atoms with Gasteiger partial charge in [-0.1, -0.05) is 45.4 Å². The second kappa shape index (κ2) is 9.11. The van der Waals surface area contributed by atoms with Gasteiger partial charge < -0.3 is 5.32 Å². The van der Waals surface area contributed by atoms with Gasteiger partial charge in [0.15, 0.2) is 5.17 Å². The van der Waals surface area contributed by atoms with Crippen molar-refractivity contribution in [3.8, 4) is 0 Å². The number of aliphatic imine (C=N–C) groups is 1. The van der Waals surface area contributed by atoms with Crippen LogP contribution in [0.2, 0.25) is 5.02 Å². The first-order valence-corrected chi connectivity index (χ1v) is 10.8. The molecule has 2 aromatic carbocycles. The van der Waals surface area contributed by atoms with Crippen LogP contribution in [-0.4, -0.2) is 33.7 Å². The molecule has 0 saturated carbocycles. The van der Waals surface area contributed by atoms with E-state index >= 15 is 0 Å². The van der Waals surface area contributed by atoms with E-state index in [1.165, 1.54) is 11.8 Å². The third-order valence-corrected chi connectivity index (χ3v) is 6.36. The van der Waals surface area contributed by atoms with Crippen molar-refractivity contribution in [1.29, 1.82) is 0 Å². The van der Waals surface area contributed by atoms with Crippen molar-refractivity contribution in [1.82, 2.24) is 4.90 Å². The highest BCUT2D eigenvalue weighted by atomic mass is 79.9. The van der Waals surface area contributed by atoms with Crippen LogP contribution in [0.4, 0.5) is 11.4 Å². The largest absolute Gasteiger partial charge is 0.325 e. The molecule has 0 aliphatic carbocycles. The van der Waals surface area contributed by atoms with Gasteiger partial charge in [-0.25, -0.2) is 4.99 Å². The first-order chi connectivity index (χ1) is 13.4. The van der Waals surface area contributed by atoms with Crippen molar-refractivity contribution in [2.45, 2.75) is 25.5 Å². The van der Waals surface area contributed by atoms with E-state index in [1.807, 2.05) is 44.2 Å². The average Bonchev–Trinajstić information content (AvgIpc) is 2.66. The number of carbonyl (C=O) groups is 2. The molecule has 0 bridgehead atoms. The Balaban J connectivity index is 1.80. The molecule has 5 nitrogen and oxygen atoms in total. The summed E-state index contributed by atoms with van der Waals surface area (Å²) >= 11 is 10.8. The molecule has 1 aliphatic rings. The van der Waals surface area contributed by atoms with Crippen molar-refractivity contribution in [3.05, 3.63) is 57.5 Å². The van der Waals surface area contributed by atoms with E-state index in [0.29, 0.717) is 22.4 Å². The number of aryl methyl sites for hydroxylation is 1. The number of halogens is 2. The Bertz CT molecular complexity index is 934. The molecule has 1 unspecified atom stereocenters. The third-order valence-electron chi connectivity index (χ3n) is 4.24. The van der Waals surface area contributed by atoms with E-state index < -0.39 is 5.25 Å². The number of anilines is 1. The summed E-state index contributed by atoms with van der Waals surface area (Å²) in [7, 11) is 0. The van der Waals surface area contributed by atoms with E-state index in [2.05, 4.69) is 26.2 Å². The van der Waals surface area contributed by atoms with Gasteiger partial charge in [0.1, 0.15) is 5.25 Å². The molecular formula is C20H19BrClN3O2S. The fourth-order valence-corrected chi connectivity index (χ4v) is 4.28. The minimum absolute atomic E-state index is 0.112. The molecule has 3 rings (SSSR count). The Labute approximate surface area is 181 Å². The maximum absolute atomic E-state index is 12.7. The van der Waals surface area contributed by atoms with E-state index in [1.54, 1.807) is 17.0 Å². The molecular weight excluding hydrogens is 462 g/mol. The van der Waals surface area contributed by atoms with Crippen LogP contribution in [-0.2, 0) is 9.59 Å². The Morgan fingerprint density at radius 3 is 2.68 bits per heavy atom. The topological polar surface area (TPSA) is 61.8 Å².